The van der Waals surface area contributed by atoms with Crippen molar-refractivity contribution in [2.45, 2.75) is 44.2 Å². The highest BCUT2D eigenvalue weighted by atomic mass is 16.5. The number of carbonyl (C=O) groups excluding carboxylic acids is 1. The van der Waals surface area contributed by atoms with Crippen molar-refractivity contribution in [2.75, 3.05) is 39.3 Å². The van der Waals surface area contributed by atoms with Crippen LogP contribution in [-0.4, -0.2) is 62.3 Å². The van der Waals surface area contributed by atoms with Crippen molar-refractivity contribution in [3.63, 3.8) is 0 Å². The smallest absolute Gasteiger partial charge is 0.220 e. The Morgan fingerprint density at radius 3 is 3.20 bits per heavy atom. The molecule has 3 saturated heterocycles. The molecule has 3 fully saturated rings. The Morgan fingerprint density at radius 1 is 1.40 bits per heavy atom. The third-order valence-electron chi connectivity index (χ3n) is 4.93. The molecule has 5 nitrogen and oxygen atoms in total. The van der Waals surface area contributed by atoms with Gasteiger partial charge in [0.25, 0.3) is 0 Å². The van der Waals surface area contributed by atoms with E-state index in [0.717, 1.165) is 32.7 Å². The first kappa shape index (κ1) is 14.3. The van der Waals surface area contributed by atoms with Gasteiger partial charge in [-0.2, -0.15) is 0 Å². The van der Waals surface area contributed by atoms with E-state index in [2.05, 4.69) is 15.5 Å². The monoisotopic (exact) mass is 281 g/mol. The van der Waals surface area contributed by atoms with Crippen LogP contribution < -0.4 is 10.6 Å². The highest BCUT2D eigenvalue weighted by molar-refractivity contribution is 5.75. The van der Waals surface area contributed by atoms with Crippen LogP contribution in [0.2, 0.25) is 0 Å². The third-order valence-corrected chi connectivity index (χ3v) is 4.93. The average Bonchev–Trinajstić information content (AvgIpc) is 3.13. The summed E-state index contributed by atoms with van der Waals surface area (Å²) >= 11 is 0. The van der Waals surface area contributed by atoms with Crippen molar-refractivity contribution in [3.8, 4) is 0 Å². The molecule has 0 aliphatic carbocycles. The zero-order valence-electron chi connectivity index (χ0n) is 12.3. The van der Waals surface area contributed by atoms with Crippen molar-refractivity contribution >= 4 is 5.91 Å². The maximum absolute atomic E-state index is 11.9. The zero-order chi connectivity index (χ0) is 13.8. The molecule has 0 saturated carbocycles. The SMILES string of the molecule is O=C(CCC1CCNC1)NCC1CN2CCCC2CO1. The Morgan fingerprint density at radius 2 is 2.35 bits per heavy atom. The van der Waals surface area contributed by atoms with Crippen molar-refractivity contribution in [2.24, 2.45) is 5.92 Å². The maximum atomic E-state index is 11.9. The summed E-state index contributed by atoms with van der Waals surface area (Å²) in [5.74, 6) is 0.876. The van der Waals surface area contributed by atoms with Crippen LogP contribution in [0.1, 0.15) is 32.1 Å². The van der Waals surface area contributed by atoms with E-state index in [1.807, 2.05) is 0 Å². The predicted octanol–water partition coefficient (Wildman–Crippen LogP) is 0.356. The third kappa shape index (κ3) is 3.71. The van der Waals surface area contributed by atoms with Gasteiger partial charge in [0, 0.05) is 25.6 Å². The fourth-order valence-electron chi connectivity index (χ4n) is 3.62. The number of nitrogens with zero attached hydrogens (tertiary/aromatic N) is 1. The van der Waals surface area contributed by atoms with Gasteiger partial charge in [-0.25, -0.2) is 0 Å². The molecule has 0 aromatic rings. The van der Waals surface area contributed by atoms with E-state index < -0.39 is 0 Å². The molecule has 0 spiro atoms. The molecule has 3 aliphatic rings. The predicted molar refractivity (Wildman–Crippen MR) is 77.6 cm³/mol. The quantitative estimate of drug-likeness (QED) is 0.764. The van der Waals surface area contributed by atoms with Crippen molar-refractivity contribution < 1.29 is 9.53 Å². The Balaban J connectivity index is 1.31. The second kappa shape index (κ2) is 6.87. The molecule has 1 amide bonds. The van der Waals surface area contributed by atoms with Crippen LogP contribution in [0.5, 0.6) is 0 Å². The standard InChI is InChI=1S/C15H27N3O2/c19-15(4-3-12-5-6-16-8-12)17-9-14-10-18-7-1-2-13(18)11-20-14/h12-14,16H,1-11H2,(H,17,19). The second-order valence-corrected chi connectivity index (χ2v) is 6.45. The number of hydrogen-bond donors (Lipinski definition) is 2. The van der Waals surface area contributed by atoms with E-state index >= 15 is 0 Å². The second-order valence-electron chi connectivity index (χ2n) is 6.45. The highest BCUT2D eigenvalue weighted by Crippen LogP contribution is 2.22. The number of carbonyl (C=O) groups is 1. The first-order valence-corrected chi connectivity index (χ1v) is 8.14. The molecule has 0 bridgehead atoms. The molecule has 0 aromatic heterocycles. The molecular formula is C15H27N3O2. The molecular weight excluding hydrogens is 254 g/mol. The van der Waals surface area contributed by atoms with E-state index in [-0.39, 0.29) is 12.0 Å². The van der Waals surface area contributed by atoms with Crippen molar-refractivity contribution in [3.05, 3.63) is 0 Å². The topological polar surface area (TPSA) is 53.6 Å². The fraction of sp³-hybridized carbons (Fsp3) is 0.933. The molecule has 20 heavy (non-hydrogen) atoms. The van der Waals surface area contributed by atoms with Gasteiger partial charge in [-0.15, -0.1) is 0 Å². The van der Waals surface area contributed by atoms with Gasteiger partial charge in [0.15, 0.2) is 0 Å². The van der Waals surface area contributed by atoms with E-state index in [1.54, 1.807) is 0 Å². The van der Waals surface area contributed by atoms with Crippen LogP contribution in [0.15, 0.2) is 0 Å². The van der Waals surface area contributed by atoms with Crippen molar-refractivity contribution in [1.29, 1.82) is 0 Å². The van der Waals surface area contributed by atoms with Gasteiger partial charge in [-0.3, -0.25) is 9.69 Å². The average molecular weight is 281 g/mol. The summed E-state index contributed by atoms with van der Waals surface area (Å²) in [5.41, 5.74) is 0. The van der Waals surface area contributed by atoms with Gasteiger partial charge in [0.2, 0.25) is 5.91 Å². The number of hydrogen-bond acceptors (Lipinski definition) is 4. The number of ether oxygens (including phenoxy) is 1. The lowest BCUT2D eigenvalue weighted by molar-refractivity contribution is -0.122. The van der Waals surface area contributed by atoms with E-state index in [1.165, 1.54) is 25.8 Å². The highest BCUT2D eigenvalue weighted by Gasteiger charge is 2.32. The molecule has 3 rings (SSSR count). The molecule has 3 atom stereocenters. The Bertz CT molecular complexity index is 331. The summed E-state index contributed by atoms with van der Waals surface area (Å²) in [4.78, 5) is 14.4. The van der Waals surface area contributed by atoms with E-state index in [0.29, 0.717) is 24.9 Å². The summed E-state index contributed by atoms with van der Waals surface area (Å²) in [6.45, 7) is 5.89. The molecule has 114 valence electrons. The summed E-state index contributed by atoms with van der Waals surface area (Å²) in [6.07, 6.45) is 5.64. The molecule has 3 heterocycles. The summed E-state index contributed by atoms with van der Waals surface area (Å²) in [5, 5.41) is 6.39. The molecule has 2 N–H and O–H groups in total. The number of morpholine rings is 1. The maximum Gasteiger partial charge on any atom is 0.220 e. The van der Waals surface area contributed by atoms with Crippen molar-refractivity contribution in [1.82, 2.24) is 15.5 Å². The zero-order valence-corrected chi connectivity index (χ0v) is 12.3. The Labute approximate surface area is 121 Å². The Kier molecular flexibility index (Phi) is 4.91. The number of fused-ring (bicyclic) bond motifs is 1. The van der Waals surface area contributed by atoms with Gasteiger partial charge < -0.3 is 15.4 Å². The van der Waals surface area contributed by atoms with Gasteiger partial charge in [-0.05, 0) is 51.2 Å². The molecule has 3 unspecified atom stereocenters. The van der Waals surface area contributed by atoms with Crippen LogP contribution in [0.3, 0.4) is 0 Å². The minimum atomic E-state index is 0.182. The number of nitrogens with one attached hydrogen (secondary N) is 2. The lowest BCUT2D eigenvalue weighted by Gasteiger charge is -2.35. The van der Waals surface area contributed by atoms with Crippen LogP contribution in [0.4, 0.5) is 0 Å². The molecule has 0 radical (unpaired) electrons. The van der Waals surface area contributed by atoms with E-state index in [4.69, 9.17) is 4.74 Å². The minimum Gasteiger partial charge on any atom is -0.373 e. The number of amides is 1. The van der Waals surface area contributed by atoms with Crippen LogP contribution in [-0.2, 0) is 9.53 Å². The van der Waals surface area contributed by atoms with Gasteiger partial charge in [0.05, 0.1) is 12.7 Å². The Hall–Kier alpha value is -0.650. The summed E-state index contributed by atoms with van der Waals surface area (Å²) < 4.78 is 5.85. The van der Waals surface area contributed by atoms with Gasteiger partial charge >= 0.3 is 0 Å². The first-order chi connectivity index (χ1) is 9.81. The fourth-order valence-corrected chi connectivity index (χ4v) is 3.62. The molecule has 5 heteroatoms. The first-order valence-electron chi connectivity index (χ1n) is 8.14. The van der Waals surface area contributed by atoms with Crippen LogP contribution in [0, 0.1) is 5.92 Å². The molecule has 0 aromatic carbocycles. The lowest BCUT2D eigenvalue weighted by Crippen LogP contribution is -2.50. The summed E-state index contributed by atoms with van der Waals surface area (Å²) in [7, 11) is 0. The van der Waals surface area contributed by atoms with Crippen LogP contribution >= 0.6 is 0 Å². The van der Waals surface area contributed by atoms with Crippen LogP contribution in [0.25, 0.3) is 0 Å². The lowest BCUT2D eigenvalue weighted by atomic mass is 10.0. The molecule has 3 aliphatic heterocycles. The normalized spacial score (nSPS) is 34.1. The minimum absolute atomic E-state index is 0.182. The summed E-state index contributed by atoms with van der Waals surface area (Å²) in [6, 6.07) is 0.636. The van der Waals surface area contributed by atoms with Gasteiger partial charge in [-0.1, -0.05) is 0 Å². The number of rotatable bonds is 5. The van der Waals surface area contributed by atoms with Gasteiger partial charge in [0.1, 0.15) is 0 Å². The van der Waals surface area contributed by atoms with E-state index in [9.17, 15) is 4.79 Å². The largest absolute Gasteiger partial charge is 0.373 e.